The molecule has 0 aliphatic heterocycles. The Hall–Kier alpha value is -1.52. The molecule has 0 unspecified atom stereocenters. The van der Waals surface area contributed by atoms with Crippen LogP contribution >= 0.6 is 0 Å². The fourth-order valence-electron chi connectivity index (χ4n) is 1.53. The quantitative estimate of drug-likeness (QED) is 0.545. The molecule has 2 rings (SSSR count). The third-order valence-corrected chi connectivity index (χ3v) is 2.08. The van der Waals surface area contributed by atoms with Gasteiger partial charge in [-0.2, -0.15) is 0 Å². The van der Waals surface area contributed by atoms with Crippen LogP contribution in [0.15, 0.2) is 48.2 Å². The number of allylic oxidation sites excluding steroid dienone is 2. The minimum Gasteiger partial charge on any atom is -0.128 e. The summed E-state index contributed by atoms with van der Waals surface area (Å²) in [6.07, 6.45) is 5.16. The summed E-state index contributed by atoms with van der Waals surface area (Å²) in [5.74, 6) is 0. The molecule has 0 amide bonds. The van der Waals surface area contributed by atoms with Crippen LogP contribution in [0, 0.1) is 0 Å². The molecule has 1 aliphatic carbocycles. The summed E-state index contributed by atoms with van der Waals surface area (Å²) in [7, 11) is 0. The van der Waals surface area contributed by atoms with Gasteiger partial charge in [0.15, 0.2) is 0 Å². The highest BCUT2D eigenvalue weighted by molar-refractivity contribution is 5.65. The van der Waals surface area contributed by atoms with E-state index in [9.17, 15) is 0 Å². The molecule has 0 spiro atoms. The van der Waals surface area contributed by atoms with Gasteiger partial charge in [-0.1, -0.05) is 36.9 Å². The van der Waals surface area contributed by atoms with E-state index in [4.69, 9.17) is 0 Å². The van der Waals surface area contributed by atoms with Gasteiger partial charge in [-0.15, -0.1) is 5.73 Å². The third-order valence-electron chi connectivity index (χ3n) is 2.08. The zero-order chi connectivity index (χ0) is 8.39. The Kier molecular flexibility index (Phi) is 1.69. The maximum Gasteiger partial charge on any atom is -0.00135 e. The van der Waals surface area contributed by atoms with Gasteiger partial charge in [-0.05, 0) is 29.2 Å². The molecule has 0 radical (unpaired) electrons. The molecule has 1 aliphatic rings. The van der Waals surface area contributed by atoms with E-state index in [1.807, 2.05) is 6.08 Å². The molecule has 0 atom stereocenters. The first-order chi connectivity index (χ1) is 5.90. The molecule has 0 fully saturated rings. The average Bonchev–Trinajstić information content (AvgIpc) is 2.47. The number of hydrogen-bond donors (Lipinski definition) is 0. The fraction of sp³-hybridized carbons (Fsp3) is 0.0833. The van der Waals surface area contributed by atoms with Crippen molar-refractivity contribution in [2.75, 3.05) is 0 Å². The van der Waals surface area contributed by atoms with E-state index in [-0.39, 0.29) is 0 Å². The molecular weight excluding hydrogens is 144 g/mol. The lowest BCUT2D eigenvalue weighted by Crippen LogP contribution is -1.80. The molecule has 12 heavy (non-hydrogen) atoms. The minimum atomic E-state index is 1.03. The molecule has 0 saturated carbocycles. The van der Waals surface area contributed by atoms with Gasteiger partial charge in [0.1, 0.15) is 0 Å². The van der Waals surface area contributed by atoms with Crippen molar-refractivity contribution in [1.82, 2.24) is 0 Å². The van der Waals surface area contributed by atoms with Gasteiger partial charge in [0.2, 0.25) is 0 Å². The Morgan fingerprint density at radius 2 is 2.17 bits per heavy atom. The summed E-state index contributed by atoms with van der Waals surface area (Å²) in [4.78, 5) is 0. The van der Waals surface area contributed by atoms with E-state index >= 15 is 0 Å². The van der Waals surface area contributed by atoms with Gasteiger partial charge in [-0.25, -0.2) is 0 Å². The summed E-state index contributed by atoms with van der Waals surface area (Å²) >= 11 is 0. The van der Waals surface area contributed by atoms with Gasteiger partial charge in [0.05, 0.1) is 0 Å². The van der Waals surface area contributed by atoms with Gasteiger partial charge < -0.3 is 0 Å². The Labute approximate surface area is 72.5 Å². The summed E-state index contributed by atoms with van der Waals surface area (Å²) in [5, 5.41) is 0. The van der Waals surface area contributed by atoms with Gasteiger partial charge in [0, 0.05) is 0 Å². The number of hydrogen-bond acceptors (Lipinski definition) is 0. The Morgan fingerprint density at radius 3 is 2.92 bits per heavy atom. The molecule has 0 N–H and O–H groups in total. The second-order valence-corrected chi connectivity index (χ2v) is 2.94. The van der Waals surface area contributed by atoms with Crippen LogP contribution < -0.4 is 0 Å². The van der Waals surface area contributed by atoms with Crippen LogP contribution in [0.2, 0.25) is 0 Å². The highest BCUT2D eigenvalue weighted by Gasteiger charge is 2.08. The van der Waals surface area contributed by atoms with E-state index < -0.39 is 0 Å². The van der Waals surface area contributed by atoms with Crippen molar-refractivity contribution < 1.29 is 0 Å². The molecule has 0 aromatic heterocycles. The van der Waals surface area contributed by atoms with Crippen molar-refractivity contribution >= 4 is 6.08 Å². The topological polar surface area (TPSA) is 0 Å². The van der Waals surface area contributed by atoms with Crippen molar-refractivity contribution in [3.8, 4) is 0 Å². The van der Waals surface area contributed by atoms with Crippen molar-refractivity contribution in [3.63, 3.8) is 0 Å². The molecule has 0 saturated heterocycles. The van der Waals surface area contributed by atoms with Crippen molar-refractivity contribution in [3.05, 3.63) is 59.4 Å². The summed E-state index contributed by atoms with van der Waals surface area (Å²) in [6.45, 7) is 3.57. The first-order valence-corrected chi connectivity index (χ1v) is 4.04. The monoisotopic (exact) mass is 154 g/mol. The lowest BCUT2D eigenvalue weighted by molar-refractivity contribution is 1.25. The lowest BCUT2D eigenvalue weighted by atomic mass is 10.1. The Balaban J connectivity index is 2.41. The maximum absolute atomic E-state index is 3.57. The molecular formula is C12H10. The van der Waals surface area contributed by atoms with E-state index in [1.165, 1.54) is 16.7 Å². The predicted octanol–water partition coefficient (Wildman–Crippen LogP) is 2.97. The van der Waals surface area contributed by atoms with E-state index in [0.29, 0.717) is 0 Å². The highest BCUT2D eigenvalue weighted by Crippen LogP contribution is 2.24. The maximum atomic E-state index is 3.57. The largest absolute Gasteiger partial charge is 0.128 e. The van der Waals surface area contributed by atoms with Gasteiger partial charge in [-0.3, -0.25) is 0 Å². The molecule has 0 heteroatoms. The normalized spacial score (nSPS) is 13.2. The Bertz CT molecular complexity index is 377. The molecule has 1 aromatic rings. The summed E-state index contributed by atoms with van der Waals surface area (Å²) in [6, 6.07) is 8.44. The summed E-state index contributed by atoms with van der Waals surface area (Å²) < 4.78 is 0. The fourth-order valence-corrected chi connectivity index (χ4v) is 1.53. The smallest absolute Gasteiger partial charge is 0.00135 e. The highest BCUT2D eigenvalue weighted by atomic mass is 14.1. The molecule has 0 bridgehead atoms. The Morgan fingerprint density at radius 1 is 1.33 bits per heavy atom. The second kappa shape index (κ2) is 2.84. The van der Waals surface area contributed by atoms with Gasteiger partial charge in [0.25, 0.3) is 0 Å². The van der Waals surface area contributed by atoms with Crippen molar-refractivity contribution in [2.45, 2.75) is 6.42 Å². The molecule has 0 heterocycles. The SMILES string of the molecule is C=C=CC1=Cc2ccccc2C1. The third kappa shape index (κ3) is 1.13. The first kappa shape index (κ1) is 7.15. The van der Waals surface area contributed by atoms with E-state index in [2.05, 4.69) is 42.7 Å². The molecule has 58 valence electrons. The number of rotatable bonds is 1. The molecule has 0 nitrogen and oxygen atoms in total. The van der Waals surface area contributed by atoms with Crippen LogP contribution in [-0.2, 0) is 6.42 Å². The summed E-state index contributed by atoms with van der Waals surface area (Å²) in [5.41, 5.74) is 6.83. The van der Waals surface area contributed by atoms with E-state index in [1.54, 1.807) is 0 Å². The standard InChI is InChI=1S/C12H10/c1-2-5-10-8-11-6-3-4-7-12(11)9-10/h3-8H,1,9H2. The van der Waals surface area contributed by atoms with Crippen LogP contribution in [0.4, 0.5) is 0 Å². The van der Waals surface area contributed by atoms with Crippen molar-refractivity contribution in [2.24, 2.45) is 0 Å². The van der Waals surface area contributed by atoms with Crippen LogP contribution in [-0.4, -0.2) is 0 Å². The second-order valence-electron chi connectivity index (χ2n) is 2.94. The predicted molar refractivity (Wildman–Crippen MR) is 51.8 cm³/mol. The minimum absolute atomic E-state index is 1.03. The van der Waals surface area contributed by atoms with Crippen LogP contribution in [0.25, 0.3) is 6.08 Å². The van der Waals surface area contributed by atoms with Crippen LogP contribution in [0.1, 0.15) is 11.1 Å². The molecule has 1 aromatic carbocycles. The number of fused-ring (bicyclic) bond motifs is 1. The van der Waals surface area contributed by atoms with Gasteiger partial charge >= 0.3 is 0 Å². The first-order valence-electron chi connectivity index (χ1n) is 4.04. The average molecular weight is 154 g/mol. The zero-order valence-electron chi connectivity index (χ0n) is 6.88. The zero-order valence-corrected chi connectivity index (χ0v) is 6.88. The van der Waals surface area contributed by atoms with E-state index in [0.717, 1.165) is 6.42 Å². The van der Waals surface area contributed by atoms with Crippen LogP contribution in [0.5, 0.6) is 0 Å². The van der Waals surface area contributed by atoms with Crippen molar-refractivity contribution in [1.29, 1.82) is 0 Å². The number of benzene rings is 1. The van der Waals surface area contributed by atoms with Crippen LogP contribution in [0.3, 0.4) is 0 Å². The lowest BCUT2D eigenvalue weighted by Gasteiger charge is -1.94.